The topological polar surface area (TPSA) is 73.1 Å². The lowest BCUT2D eigenvalue weighted by Gasteiger charge is -2.23. The van der Waals surface area contributed by atoms with E-state index in [1.54, 1.807) is 31.2 Å². The number of carbonyl (C=O) groups excluding carboxylic acids is 1. The largest absolute Gasteiger partial charge is 0.388 e. The predicted molar refractivity (Wildman–Crippen MR) is 66.8 cm³/mol. The van der Waals surface area contributed by atoms with Gasteiger partial charge in [-0.2, -0.15) is 5.26 Å². The molecule has 0 bridgehead atoms. The Morgan fingerprint density at radius 1 is 1.61 bits per heavy atom. The number of aliphatic hydroxyl groups is 1. The molecular formula is C14H16N2O2. The molecule has 0 radical (unpaired) electrons. The van der Waals surface area contributed by atoms with Crippen LogP contribution < -0.4 is 5.32 Å². The molecule has 0 unspecified atom stereocenters. The lowest BCUT2D eigenvalue weighted by atomic mass is 10.0. The second-order valence-corrected chi connectivity index (χ2v) is 5.01. The molecule has 1 saturated carbocycles. The van der Waals surface area contributed by atoms with Gasteiger partial charge in [-0.25, -0.2) is 0 Å². The van der Waals surface area contributed by atoms with Crippen LogP contribution in [0.2, 0.25) is 0 Å². The summed E-state index contributed by atoms with van der Waals surface area (Å²) in [7, 11) is 0. The van der Waals surface area contributed by atoms with Gasteiger partial charge in [-0.3, -0.25) is 4.79 Å². The molecule has 1 aliphatic rings. The predicted octanol–water partition coefficient (Wildman–Crippen LogP) is 1.45. The van der Waals surface area contributed by atoms with Crippen LogP contribution in [-0.4, -0.2) is 23.2 Å². The van der Waals surface area contributed by atoms with E-state index in [9.17, 15) is 9.90 Å². The molecule has 4 nitrogen and oxygen atoms in total. The Morgan fingerprint density at radius 3 is 2.94 bits per heavy atom. The van der Waals surface area contributed by atoms with Crippen LogP contribution in [0.25, 0.3) is 0 Å². The van der Waals surface area contributed by atoms with Gasteiger partial charge in [-0.05, 0) is 43.9 Å². The summed E-state index contributed by atoms with van der Waals surface area (Å²) in [6, 6.07) is 8.51. The quantitative estimate of drug-likeness (QED) is 0.842. The minimum atomic E-state index is -0.831. The molecule has 1 atom stereocenters. The van der Waals surface area contributed by atoms with Crippen molar-refractivity contribution in [2.24, 2.45) is 5.92 Å². The van der Waals surface area contributed by atoms with Crippen molar-refractivity contribution >= 4 is 5.91 Å². The van der Waals surface area contributed by atoms with Crippen LogP contribution in [0.3, 0.4) is 0 Å². The summed E-state index contributed by atoms with van der Waals surface area (Å²) >= 11 is 0. The van der Waals surface area contributed by atoms with E-state index in [4.69, 9.17) is 5.26 Å². The summed E-state index contributed by atoms with van der Waals surface area (Å²) in [5.74, 6) is 0.0382. The van der Waals surface area contributed by atoms with Gasteiger partial charge < -0.3 is 10.4 Å². The maximum Gasteiger partial charge on any atom is 0.251 e. The number of hydrogen-bond acceptors (Lipinski definition) is 3. The van der Waals surface area contributed by atoms with Gasteiger partial charge in [0.15, 0.2) is 0 Å². The second-order valence-electron chi connectivity index (χ2n) is 5.01. The number of nitrogens with zero attached hydrogens (tertiary/aromatic N) is 1. The van der Waals surface area contributed by atoms with E-state index in [-0.39, 0.29) is 12.5 Å². The molecular weight excluding hydrogens is 228 g/mol. The van der Waals surface area contributed by atoms with Gasteiger partial charge in [-0.1, -0.05) is 6.07 Å². The van der Waals surface area contributed by atoms with Crippen LogP contribution >= 0.6 is 0 Å². The number of hydrogen-bond donors (Lipinski definition) is 2. The number of amides is 1. The van der Waals surface area contributed by atoms with Crippen LogP contribution in [-0.2, 0) is 0 Å². The SMILES string of the molecule is C[C@](O)(CNC(=O)c1cccc(C#N)c1)C1CC1. The smallest absolute Gasteiger partial charge is 0.251 e. The molecule has 1 amide bonds. The highest BCUT2D eigenvalue weighted by atomic mass is 16.3. The molecule has 0 aromatic heterocycles. The maximum absolute atomic E-state index is 11.9. The second kappa shape index (κ2) is 4.79. The van der Waals surface area contributed by atoms with Crippen molar-refractivity contribution in [3.05, 3.63) is 35.4 Å². The van der Waals surface area contributed by atoms with Crippen molar-refractivity contribution in [1.29, 1.82) is 5.26 Å². The molecule has 2 N–H and O–H groups in total. The first-order valence-corrected chi connectivity index (χ1v) is 6.03. The number of nitrogens with one attached hydrogen (secondary N) is 1. The van der Waals surface area contributed by atoms with Crippen molar-refractivity contribution in [3.63, 3.8) is 0 Å². The van der Waals surface area contributed by atoms with Gasteiger partial charge in [0.25, 0.3) is 5.91 Å². The van der Waals surface area contributed by atoms with Crippen LogP contribution in [0, 0.1) is 17.2 Å². The zero-order valence-corrected chi connectivity index (χ0v) is 10.3. The molecule has 1 aromatic carbocycles. The van der Waals surface area contributed by atoms with E-state index in [1.165, 1.54) is 0 Å². The molecule has 0 heterocycles. The third-order valence-electron chi connectivity index (χ3n) is 3.32. The Labute approximate surface area is 106 Å². The molecule has 0 saturated heterocycles. The fourth-order valence-electron chi connectivity index (χ4n) is 1.94. The van der Waals surface area contributed by atoms with E-state index < -0.39 is 5.60 Å². The normalized spacial score (nSPS) is 17.6. The Bertz CT molecular complexity index is 499. The standard InChI is InChI=1S/C14H16N2O2/c1-14(18,12-5-6-12)9-16-13(17)11-4-2-3-10(7-11)8-15/h2-4,7,12,18H,5-6,9H2,1H3,(H,16,17)/t14-/m0/s1. The minimum Gasteiger partial charge on any atom is -0.388 e. The van der Waals surface area contributed by atoms with Gasteiger partial charge in [0.05, 0.1) is 17.2 Å². The number of carbonyl (C=O) groups is 1. The van der Waals surface area contributed by atoms with Gasteiger partial charge in [0.2, 0.25) is 0 Å². The molecule has 0 aliphatic heterocycles. The number of benzene rings is 1. The van der Waals surface area contributed by atoms with Crippen LogP contribution in [0.4, 0.5) is 0 Å². The zero-order chi connectivity index (χ0) is 13.2. The van der Waals surface area contributed by atoms with E-state index >= 15 is 0 Å². The zero-order valence-electron chi connectivity index (χ0n) is 10.3. The molecule has 1 aliphatic carbocycles. The van der Waals surface area contributed by atoms with Crippen molar-refractivity contribution in [2.45, 2.75) is 25.4 Å². The van der Waals surface area contributed by atoms with Gasteiger partial charge in [0.1, 0.15) is 0 Å². The number of rotatable bonds is 4. The fraction of sp³-hybridized carbons (Fsp3) is 0.429. The van der Waals surface area contributed by atoms with Gasteiger partial charge in [-0.15, -0.1) is 0 Å². The molecule has 94 valence electrons. The first kappa shape index (κ1) is 12.6. The Hall–Kier alpha value is -1.86. The highest BCUT2D eigenvalue weighted by Crippen LogP contribution is 2.38. The average Bonchev–Trinajstić information content (AvgIpc) is 3.20. The fourth-order valence-corrected chi connectivity index (χ4v) is 1.94. The van der Waals surface area contributed by atoms with Crippen LogP contribution in [0.15, 0.2) is 24.3 Å². The van der Waals surface area contributed by atoms with Crippen molar-refractivity contribution in [2.75, 3.05) is 6.54 Å². The third kappa shape index (κ3) is 2.88. The van der Waals surface area contributed by atoms with E-state index in [1.807, 2.05) is 6.07 Å². The van der Waals surface area contributed by atoms with E-state index in [0.29, 0.717) is 17.0 Å². The minimum absolute atomic E-state index is 0.243. The molecule has 0 spiro atoms. The number of nitriles is 1. The Kier molecular flexibility index (Phi) is 3.35. The summed E-state index contributed by atoms with van der Waals surface area (Å²) in [4.78, 5) is 11.9. The van der Waals surface area contributed by atoms with Crippen molar-refractivity contribution in [1.82, 2.24) is 5.32 Å². The van der Waals surface area contributed by atoms with Crippen LogP contribution in [0.1, 0.15) is 35.7 Å². The van der Waals surface area contributed by atoms with Gasteiger partial charge >= 0.3 is 0 Å². The molecule has 1 aromatic rings. The average molecular weight is 244 g/mol. The summed E-state index contributed by atoms with van der Waals surface area (Å²) < 4.78 is 0. The first-order chi connectivity index (χ1) is 8.53. The first-order valence-electron chi connectivity index (χ1n) is 6.03. The Balaban J connectivity index is 1.97. The molecule has 4 heteroatoms. The highest BCUT2D eigenvalue weighted by molar-refractivity contribution is 5.94. The lowest BCUT2D eigenvalue weighted by molar-refractivity contribution is 0.0354. The van der Waals surface area contributed by atoms with Crippen LogP contribution in [0.5, 0.6) is 0 Å². The van der Waals surface area contributed by atoms with Gasteiger partial charge in [0, 0.05) is 12.1 Å². The summed E-state index contributed by atoms with van der Waals surface area (Å²) in [5.41, 5.74) is 0.0694. The van der Waals surface area contributed by atoms with Crippen molar-refractivity contribution < 1.29 is 9.90 Å². The lowest BCUT2D eigenvalue weighted by Crippen LogP contribution is -2.42. The highest BCUT2D eigenvalue weighted by Gasteiger charge is 2.39. The Morgan fingerprint density at radius 2 is 2.33 bits per heavy atom. The van der Waals surface area contributed by atoms with E-state index in [0.717, 1.165) is 12.8 Å². The molecule has 1 fully saturated rings. The maximum atomic E-state index is 11.9. The third-order valence-corrected chi connectivity index (χ3v) is 3.32. The summed E-state index contributed by atoms with van der Waals surface area (Å²) in [6.45, 7) is 1.99. The molecule has 2 rings (SSSR count). The van der Waals surface area contributed by atoms with Crippen molar-refractivity contribution in [3.8, 4) is 6.07 Å². The summed E-state index contributed by atoms with van der Waals surface area (Å²) in [5, 5.41) is 21.6. The van der Waals surface area contributed by atoms with E-state index in [2.05, 4.69) is 5.32 Å². The monoisotopic (exact) mass is 244 g/mol. The summed E-state index contributed by atoms with van der Waals surface area (Å²) in [6.07, 6.45) is 2.04. The molecule has 18 heavy (non-hydrogen) atoms.